The van der Waals surface area contributed by atoms with Crippen molar-refractivity contribution in [1.82, 2.24) is 4.90 Å². The third-order valence-corrected chi connectivity index (χ3v) is 2.29. The maximum Gasteiger partial charge on any atom is 0.433 e. The van der Waals surface area contributed by atoms with Gasteiger partial charge in [-0.3, -0.25) is 10.1 Å². The molecular formula is C10H12N2O4. The Hall–Kier alpha value is -1.82. The molecule has 1 saturated heterocycles. The lowest BCUT2D eigenvalue weighted by Crippen LogP contribution is -2.31. The Kier molecular flexibility index (Phi) is 3.21. The lowest BCUT2D eigenvalue weighted by Gasteiger charge is -2.24. The van der Waals surface area contributed by atoms with E-state index in [1.54, 1.807) is 12.1 Å². The molecule has 0 bridgehead atoms. The summed E-state index contributed by atoms with van der Waals surface area (Å²) in [4.78, 5) is 11.9. The molecule has 1 fully saturated rings. The summed E-state index contributed by atoms with van der Waals surface area (Å²) in [6.07, 6.45) is 3.59. The van der Waals surface area contributed by atoms with Crippen LogP contribution in [-0.4, -0.2) is 36.1 Å². The number of morpholine rings is 1. The molecule has 0 spiro atoms. The largest absolute Gasteiger partial charge is 0.433 e. The van der Waals surface area contributed by atoms with Crippen molar-refractivity contribution >= 4 is 12.0 Å². The summed E-state index contributed by atoms with van der Waals surface area (Å²) < 4.78 is 10.2. The molecule has 0 aliphatic carbocycles. The van der Waals surface area contributed by atoms with Gasteiger partial charge in [0.25, 0.3) is 0 Å². The lowest BCUT2D eigenvalue weighted by molar-refractivity contribution is -0.402. The van der Waals surface area contributed by atoms with Crippen molar-refractivity contribution in [3.8, 4) is 0 Å². The lowest BCUT2D eigenvalue weighted by atomic mass is 10.4. The molecule has 2 rings (SSSR count). The fourth-order valence-corrected chi connectivity index (χ4v) is 1.44. The third-order valence-electron chi connectivity index (χ3n) is 2.29. The number of hydrogen-bond acceptors (Lipinski definition) is 5. The maximum atomic E-state index is 10.4. The number of rotatable bonds is 3. The summed E-state index contributed by atoms with van der Waals surface area (Å²) >= 11 is 0. The number of hydrogen-bond donors (Lipinski definition) is 0. The van der Waals surface area contributed by atoms with Crippen LogP contribution in [0.5, 0.6) is 0 Å². The van der Waals surface area contributed by atoms with Crippen LogP contribution in [0.25, 0.3) is 6.08 Å². The van der Waals surface area contributed by atoms with E-state index in [0.717, 1.165) is 13.1 Å². The molecule has 0 N–H and O–H groups in total. The Morgan fingerprint density at radius 3 is 2.75 bits per heavy atom. The van der Waals surface area contributed by atoms with Crippen LogP contribution in [0.1, 0.15) is 5.76 Å². The Labute approximate surface area is 92.2 Å². The van der Waals surface area contributed by atoms with Gasteiger partial charge < -0.3 is 14.1 Å². The van der Waals surface area contributed by atoms with Gasteiger partial charge in [0.2, 0.25) is 0 Å². The van der Waals surface area contributed by atoms with E-state index in [2.05, 4.69) is 4.90 Å². The molecule has 2 heterocycles. The van der Waals surface area contributed by atoms with E-state index in [4.69, 9.17) is 9.15 Å². The van der Waals surface area contributed by atoms with Gasteiger partial charge in [0, 0.05) is 19.3 Å². The molecule has 1 aromatic rings. The number of nitro groups is 1. The average Bonchev–Trinajstić information content (AvgIpc) is 2.76. The second-order valence-corrected chi connectivity index (χ2v) is 3.40. The molecule has 86 valence electrons. The Morgan fingerprint density at radius 2 is 2.12 bits per heavy atom. The predicted molar refractivity (Wildman–Crippen MR) is 56.8 cm³/mol. The number of furan rings is 1. The molecule has 1 aliphatic rings. The molecular weight excluding hydrogens is 212 g/mol. The minimum atomic E-state index is -0.550. The topological polar surface area (TPSA) is 68.8 Å². The van der Waals surface area contributed by atoms with Gasteiger partial charge in [-0.1, -0.05) is 0 Å². The highest BCUT2D eigenvalue weighted by molar-refractivity contribution is 5.44. The molecule has 1 aliphatic heterocycles. The molecule has 0 aromatic carbocycles. The fraction of sp³-hybridized carbons (Fsp3) is 0.400. The van der Waals surface area contributed by atoms with E-state index in [-0.39, 0.29) is 5.88 Å². The van der Waals surface area contributed by atoms with Crippen LogP contribution in [0.3, 0.4) is 0 Å². The zero-order chi connectivity index (χ0) is 11.4. The standard InChI is InChI=1S/C10H12N2O4/c13-12(14)10-2-1-9(16-10)3-4-11-5-7-15-8-6-11/h1-4H,5-8H2. The van der Waals surface area contributed by atoms with E-state index in [9.17, 15) is 10.1 Å². The molecule has 0 amide bonds. The van der Waals surface area contributed by atoms with Crippen LogP contribution in [0.2, 0.25) is 0 Å². The number of nitrogens with zero attached hydrogens (tertiary/aromatic N) is 2. The van der Waals surface area contributed by atoms with Gasteiger partial charge in [0.1, 0.15) is 10.7 Å². The van der Waals surface area contributed by atoms with Crippen LogP contribution < -0.4 is 0 Å². The summed E-state index contributed by atoms with van der Waals surface area (Å²) in [5.74, 6) is 0.250. The first kappa shape index (κ1) is 10.7. The summed E-state index contributed by atoms with van der Waals surface area (Å²) in [6.45, 7) is 3.09. The van der Waals surface area contributed by atoms with Gasteiger partial charge in [-0.25, -0.2) is 0 Å². The fourth-order valence-electron chi connectivity index (χ4n) is 1.44. The van der Waals surface area contributed by atoms with Gasteiger partial charge in [-0.2, -0.15) is 0 Å². The normalized spacial score (nSPS) is 16.9. The van der Waals surface area contributed by atoms with Crippen molar-refractivity contribution in [1.29, 1.82) is 0 Å². The van der Waals surface area contributed by atoms with Crippen LogP contribution in [0, 0.1) is 10.1 Å². The smallest absolute Gasteiger partial charge is 0.401 e. The average molecular weight is 224 g/mol. The first-order chi connectivity index (χ1) is 7.75. The molecule has 1 aromatic heterocycles. The third kappa shape index (κ3) is 2.60. The van der Waals surface area contributed by atoms with E-state index in [0.29, 0.717) is 19.0 Å². The quantitative estimate of drug-likeness (QED) is 0.574. The Balaban J connectivity index is 1.96. The zero-order valence-corrected chi connectivity index (χ0v) is 8.67. The highest BCUT2D eigenvalue weighted by Gasteiger charge is 2.10. The van der Waals surface area contributed by atoms with E-state index < -0.39 is 4.92 Å². The molecule has 6 heteroatoms. The second kappa shape index (κ2) is 4.80. The van der Waals surface area contributed by atoms with Gasteiger partial charge in [0.05, 0.1) is 19.3 Å². The summed E-state index contributed by atoms with van der Waals surface area (Å²) in [7, 11) is 0. The van der Waals surface area contributed by atoms with Crippen LogP contribution in [0.4, 0.5) is 5.88 Å². The monoisotopic (exact) mass is 224 g/mol. The van der Waals surface area contributed by atoms with E-state index >= 15 is 0 Å². The van der Waals surface area contributed by atoms with Crippen molar-refractivity contribution < 1.29 is 14.1 Å². The SMILES string of the molecule is O=[N+]([O-])c1ccc(C=CN2CCOCC2)o1. The zero-order valence-electron chi connectivity index (χ0n) is 8.67. The minimum absolute atomic E-state index is 0.235. The molecule has 16 heavy (non-hydrogen) atoms. The molecule has 6 nitrogen and oxygen atoms in total. The Bertz CT molecular complexity index is 393. The minimum Gasteiger partial charge on any atom is -0.401 e. The van der Waals surface area contributed by atoms with Gasteiger partial charge >= 0.3 is 5.88 Å². The van der Waals surface area contributed by atoms with Gasteiger partial charge in [-0.15, -0.1) is 0 Å². The van der Waals surface area contributed by atoms with Gasteiger partial charge in [-0.05, 0) is 12.1 Å². The van der Waals surface area contributed by atoms with Crippen molar-refractivity contribution in [3.05, 3.63) is 34.2 Å². The molecule has 0 radical (unpaired) electrons. The van der Waals surface area contributed by atoms with Crippen LogP contribution in [0.15, 0.2) is 22.7 Å². The first-order valence-corrected chi connectivity index (χ1v) is 5.00. The van der Waals surface area contributed by atoms with Crippen molar-refractivity contribution in [2.45, 2.75) is 0 Å². The van der Waals surface area contributed by atoms with Crippen molar-refractivity contribution in [2.75, 3.05) is 26.3 Å². The number of ether oxygens (including phenoxy) is 1. The first-order valence-electron chi connectivity index (χ1n) is 5.00. The summed E-state index contributed by atoms with van der Waals surface area (Å²) in [6, 6.07) is 2.92. The Morgan fingerprint density at radius 1 is 1.38 bits per heavy atom. The molecule has 0 atom stereocenters. The van der Waals surface area contributed by atoms with Gasteiger partial charge in [0.15, 0.2) is 0 Å². The van der Waals surface area contributed by atoms with Crippen molar-refractivity contribution in [3.63, 3.8) is 0 Å². The summed E-state index contributed by atoms with van der Waals surface area (Å²) in [5, 5.41) is 10.4. The van der Waals surface area contributed by atoms with Crippen LogP contribution in [-0.2, 0) is 4.74 Å². The van der Waals surface area contributed by atoms with E-state index in [1.165, 1.54) is 6.07 Å². The van der Waals surface area contributed by atoms with Crippen LogP contribution >= 0.6 is 0 Å². The second-order valence-electron chi connectivity index (χ2n) is 3.40. The maximum absolute atomic E-state index is 10.4. The highest BCUT2D eigenvalue weighted by Crippen LogP contribution is 2.16. The molecule has 0 saturated carbocycles. The highest BCUT2D eigenvalue weighted by atomic mass is 16.6. The molecule has 0 unspecified atom stereocenters. The van der Waals surface area contributed by atoms with E-state index in [1.807, 2.05) is 6.20 Å². The van der Waals surface area contributed by atoms with Crippen molar-refractivity contribution in [2.24, 2.45) is 0 Å². The summed E-state index contributed by atoms with van der Waals surface area (Å²) in [5.41, 5.74) is 0. The predicted octanol–water partition coefficient (Wildman–Crippen LogP) is 1.49.